The Kier molecular flexibility index (Phi) is 60.1. The quantitative estimate of drug-likeness (QED) is 0.0373. The van der Waals surface area contributed by atoms with E-state index in [4.69, 9.17) is 9.47 Å². The van der Waals surface area contributed by atoms with Crippen molar-refractivity contribution in [1.82, 2.24) is 0 Å². The van der Waals surface area contributed by atoms with Crippen LogP contribution < -0.4 is 0 Å². The van der Waals surface area contributed by atoms with Gasteiger partial charge < -0.3 is 14.6 Å². The molecule has 0 radical (unpaired) electrons. The highest BCUT2D eigenvalue weighted by atomic mass is 16.6. The first kappa shape index (κ1) is 71.0. The fourth-order valence-corrected chi connectivity index (χ4v) is 7.73. The lowest BCUT2D eigenvalue weighted by molar-refractivity contribution is -0.161. The summed E-state index contributed by atoms with van der Waals surface area (Å²) >= 11 is 0. The molecular weight excluding hydrogens is 933 g/mol. The van der Waals surface area contributed by atoms with Gasteiger partial charge in [-0.15, -0.1) is 0 Å². The van der Waals surface area contributed by atoms with Gasteiger partial charge in [0.25, 0.3) is 0 Å². The van der Waals surface area contributed by atoms with Gasteiger partial charge >= 0.3 is 11.9 Å². The van der Waals surface area contributed by atoms with Crippen LogP contribution in [0.25, 0.3) is 0 Å². The molecule has 0 heterocycles. The van der Waals surface area contributed by atoms with E-state index in [2.05, 4.69) is 196 Å². The number of aliphatic hydroxyl groups excluding tert-OH is 1. The molecule has 424 valence electrons. The number of rotatable bonds is 53. The molecule has 0 bridgehead atoms. The van der Waals surface area contributed by atoms with Crippen molar-refractivity contribution in [2.75, 3.05) is 13.2 Å². The Morgan fingerprint density at radius 2 is 0.526 bits per heavy atom. The molecule has 76 heavy (non-hydrogen) atoms. The molecule has 5 nitrogen and oxygen atoms in total. The predicted molar refractivity (Wildman–Crippen MR) is 333 cm³/mol. The maximum atomic E-state index is 12.3. The Morgan fingerprint density at radius 1 is 0.303 bits per heavy atom. The molecular formula is C71H110O5. The molecule has 1 N–H and O–H groups in total. The number of hydrogen-bond acceptors (Lipinski definition) is 5. The summed E-state index contributed by atoms with van der Waals surface area (Å²) in [6.07, 6.45) is 102. The minimum absolute atomic E-state index is 0.0962. The number of allylic oxidation sites excluding steroid dienone is 30. The Bertz CT molecular complexity index is 1750. The van der Waals surface area contributed by atoms with Gasteiger partial charge in [0.05, 0.1) is 6.61 Å². The van der Waals surface area contributed by atoms with E-state index in [1.807, 2.05) is 0 Å². The SMILES string of the molecule is CC/C=C\C/C=C\C/C=C\C/C=C\C/C=C\C/C=C\C/C=C\C/C=C\C/C=C\C/C=C\CCCCC(=O)OC(CO)COC(=O)CCCCCCCCCCCCCCC/C=C\C/C=C\C/C=C\C/C=C\C/C=C\CC. The molecule has 0 aliphatic rings. The summed E-state index contributed by atoms with van der Waals surface area (Å²) in [6.45, 7) is 3.87. The summed E-state index contributed by atoms with van der Waals surface area (Å²) in [5, 5.41) is 9.67. The fraction of sp³-hybridized carbons (Fsp3) is 0.549. The largest absolute Gasteiger partial charge is 0.462 e. The van der Waals surface area contributed by atoms with Crippen molar-refractivity contribution in [2.24, 2.45) is 0 Å². The smallest absolute Gasteiger partial charge is 0.306 e. The van der Waals surface area contributed by atoms with Crippen molar-refractivity contribution < 1.29 is 24.2 Å². The standard InChI is InChI=1S/C71H110O5/c1-3-5-7-9-11-13-15-17-19-21-23-25-27-29-31-33-34-35-36-38-40-42-44-46-48-50-52-54-56-58-60-62-64-66-71(74)76-69(67-72)68-75-70(73)65-63-61-59-57-55-53-51-49-47-45-43-41-39-37-32-30-28-26-24-22-20-18-16-14-12-10-8-6-4-2/h5-8,11-14,17-20,23-26,29-32,34-35,38,40,44,46,50,52,56,58,69,72H,3-4,9-10,15-16,21-22,27-28,33,36-37,39,41-43,45,47-49,51,53-55,57,59-68H2,1-2H3/b7-5-,8-6-,13-11-,14-12-,19-17-,20-18-,25-23-,26-24-,31-29-,32-30-,35-34-,40-38-,46-44-,52-50-,58-56-. The molecule has 5 heteroatoms. The zero-order chi connectivity index (χ0) is 54.8. The average molecular weight is 1040 g/mol. The molecule has 0 aliphatic heterocycles. The van der Waals surface area contributed by atoms with E-state index in [0.717, 1.165) is 128 Å². The summed E-state index contributed by atoms with van der Waals surface area (Å²) in [5.74, 6) is -0.655. The Labute approximate surface area is 467 Å². The van der Waals surface area contributed by atoms with Crippen LogP contribution in [0.5, 0.6) is 0 Å². The van der Waals surface area contributed by atoms with Crippen LogP contribution in [0, 0.1) is 0 Å². The van der Waals surface area contributed by atoms with Crippen LogP contribution in [0.2, 0.25) is 0 Å². The van der Waals surface area contributed by atoms with Gasteiger partial charge in [-0.2, -0.15) is 0 Å². The van der Waals surface area contributed by atoms with E-state index in [1.54, 1.807) is 0 Å². The molecule has 0 aromatic heterocycles. The zero-order valence-electron chi connectivity index (χ0n) is 48.4. The summed E-state index contributed by atoms with van der Waals surface area (Å²) in [5.41, 5.74) is 0. The molecule has 0 fully saturated rings. The van der Waals surface area contributed by atoms with Gasteiger partial charge in [0, 0.05) is 12.8 Å². The second kappa shape index (κ2) is 64.3. The van der Waals surface area contributed by atoms with Crippen molar-refractivity contribution in [2.45, 2.75) is 238 Å². The molecule has 1 atom stereocenters. The van der Waals surface area contributed by atoms with Gasteiger partial charge in [-0.1, -0.05) is 267 Å². The van der Waals surface area contributed by atoms with Gasteiger partial charge in [-0.25, -0.2) is 0 Å². The van der Waals surface area contributed by atoms with Crippen molar-refractivity contribution in [1.29, 1.82) is 0 Å². The van der Waals surface area contributed by atoms with Crippen molar-refractivity contribution >= 4 is 11.9 Å². The van der Waals surface area contributed by atoms with Gasteiger partial charge in [0.15, 0.2) is 6.10 Å². The molecule has 1 unspecified atom stereocenters. The summed E-state index contributed by atoms with van der Waals surface area (Å²) < 4.78 is 10.7. The van der Waals surface area contributed by atoms with Crippen molar-refractivity contribution in [3.63, 3.8) is 0 Å². The third-order valence-corrected chi connectivity index (χ3v) is 12.2. The normalized spacial score (nSPS) is 13.6. The summed E-state index contributed by atoms with van der Waals surface area (Å²) in [7, 11) is 0. The number of esters is 2. The van der Waals surface area contributed by atoms with Gasteiger partial charge in [0.2, 0.25) is 0 Å². The molecule has 0 aromatic carbocycles. The van der Waals surface area contributed by atoms with E-state index in [1.165, 1.54) is 70.6 Å². The highest BCUT2D eigenvalue weighted by molar-refractivity contribution is 5.70. The lowest BCUT2D eigenvalue weighted by Gasteiger charge is -2.15. The van der Waals surface area contributed by atoms with Crippen LogP contribution in [0.15, 0.2) is 182 Å². The highest BCUT2D eigenvalue weighted by Gasteiger charge is 2.16. The average Bonchev–Trinajstić information content (AvgIpc) is 3.42. The highest BCUT2D eigenvalue weighted by Crippen LogP contribution is 2.14. The number of ether oxygens (including phenoxy) is 2. The van der Waals surface area contributed by atoms with E-state index in [0.29, 0.717) is 12.8 Å². The topological polar surface area (TPSA) is 72.8 Å². The molecule has 0 saturated carbocycles. The lowest BCUT2D eigenvalue weighted by Crippen LogP contribution is -2.28. The van der Waals surface area contributed by atoms with Crippen molar-refractivity contribution in [3.8, 4) is 0 Å². The third-order valence-electron chi connectivity index (χ3n) is 12.2. The number of hydrogen-bond donors (Lipinski definition) is 1. The molecule has 0 aromatic rings. The molecule has 0 saturated heterocycles. The second-order valence-electron chi connectivity index (χ2n) is 19.3. The Hall–Kier alpha value is -5.00. The van der Waals surface area contributed by atoms with Gasteiger partial charge in [0.1, 0.15) is 6.61 Å². The van der Waals surface area contributed by atoms with Crippen molar-refractivity contribution in [3.05, 3.63) is 182 Å². The van der Waals surface area contributed by atoms with Crippen LogP contribution in [-0.4, -0.2) is 36.4 Å². The Morgan fingerprint density at radius 3 is 0.816 bits per heavy atom. The number of carbonyl (C=O) groups excluding carboxylic acids is 2. The maximum absolute atomic E-state index is 12.3. The first-order chi connectivity index (χ1) is 37.6. The monoisotopic (exact) mass is 1040 g/mol. The third kappa shape index (κ3) is 61.5. The lowest BCUT2D eigenvalue weighted by atomic mass is 10.0. The molecule has 0 aliphatic carbocycles. The first-order valence-electron chi connectivity index (χ1n) is 30.3. The molecule has 0 rings (SSSR count). The Balaban J connectivity index is 3.65. The minimum Gasteiger partial charge on any atom is -0.462 e. The second-order valence-corrected chi connectivity index (χ2v) is 19.3. The minimum atomic E-state index is -0.811. The van der Waals surface area contributed by atoms with E-state index in [-0.39, 0.29) is 31.6 Å². The van der Waals surface area contributed by atoms with Crippen LogP contribution in [-0.2, 0) is 19.1 Å². The zero-order valence-corrected chi connectivity index (χ0v) is 48.4. The number of unbranched alkanes of at least 4 members (excludes halogenated alkanes) is 15. The van der Waals surface area contributed by atoms with Crippen LogP contribution in [0.4, 0.5) is 0 Å². The van der Waals surface area contributed by atoms with Gasteiger partial charge in [-0.3, -0.25) is 9.59 Å². The van der Waals surface area contributed by atoms with Crippen LogP contribution >= 0.6 is 0 Å². The van der Waals surface area contributed by atoms with Crippen LogP contribution in [0.3, 0.4) is 0 Å². The van der Waals surface area contributed by atoms with E-state index in [9.17, 15) is 14.7 Å². The number of aliphatic hydroxyl groups is 1. The predicted octanol–water partition coefficient (Wildman–Crippen LogP) is 21.1. The van der Waals surface area contributed by atoms with E-state index >= 15 is 0 Å². The van der Waals surface area contributed by atoms with E-state index < -0.39 is 6.10 Å². The maximum Gasteiger partial charge on any atom is 0.306 e. The molecule has 0 spiro atoms. The summed E-state index contributed by atoms with van der Waals surface area (Å²) in [4.78, 5) is 24.6. The van der Waals surface area contributed by atoms with Gasteiger partial charge in [-0.05, 0) is 135 Å². The molecule has 0 amide bonds. The first-order valence-corrected chi connectivity index (χ1v) is 30.3. The number of carbonyl (C=O) groups is 2. The summed E-state index contributed by atoms with van der Waals surface area (Å²) in [6, 6.07) is 0. The fourth-order valence-electron chi connectivity index (χ4n) is 7.73. The van der Waals surface area contributed by atoms with Crippen LogP contribution in [0.1, 0.15) is 232 Å².